The van der Waals surface area contributed by atoms with Crippen LogP contribution in [0.1, 0.15) is 0 Å². The minimum absolute atomic E-state index is 0.704. The number of fused-ring (bicyclic) bond motifs is 10. The van der Waals surface area contributed by atoms with Crippen molar-refractivity contribution >= 4 is 75.1 Å². The Morgan fingerprint density at radius 2 is 1.05 bits per heavy atom. The van der Waals surface area contributed by atoms with Crippen molar-refractivity contribution in [2.24, 2.45) is 0 Å². The SMILES string of the molecule is c1ccc(-c2cccc(-c3cc(-n4c5ccccc5c5c4ccc4c6ccccc6n(-c6ccccc6)c45)nc(-c4cccc5c4sc4ccccc45)n3)c2)cc1. The molecule has 0 spiro atoms. The van der Waals surface area contributed by atoms with E-state index in [0.717, 1.165) is 44.9 Å². The van der Waals surface area contributed by atoms with Crippen molar-refractivity contribution in [2.75, 3.05) is 0 Å². The third-order valence-corrected chi connectivity index (χ3v) is 12.6. The summed E-state index contributed by atoms with van der Waals surface area (Å²) in [5, 5.41) is 7.31. The molecule has 57 heavy (non-hydrogen) atoms. The van der Waals surface area contributed by atoms with E-state index in [2.05, 4.69) is 203 Å². The molecule has 8 aromatic carbocycles. The summed E-state index contributed by atoms with van der Waals surface area (Å²) < 4.78 is 7.22. The van der Waals surface area contributed by atoms with Crippen LogP contribution in [-0.2, 0) is 0 Å². The second-order valence-electron chi connectivity index (χ2n) is 14.6. The van der Waals surface area contributed by atoms with Crippen LogP contribution < -0.4 is 0 Å². The predicted molar refractivity (Wildman–Crippen MR) is 240 cm³/mol. The quantitative estimate of drug-likeness (QED) is 0.176. The number of nitrogens with zero attached hydrogens (tertiary/aromatic N) is 4. The summed E-state index contributed by atoms with van der Waals surface area (Å²) in [6.07, 6.45) is 0. The van der Waals surface area contributed by atoms with Gasteiger partial charge >= 0.3 is 0 Å². The summed E-state index contributed by atoms with van der Waals surface area (Å²) in [6.45, 7) is 0. The van der Waals surface area contributed by atoms with Crippen LogP contribution in [0.3, 0.4) is 0 Å². The molecule has 0 aliphatic heterocycles. The summed E-state index contributed by atoms with van der Waals surface area (Å²) in [6, 6.07) is 69.4. The summed E-state index contributed by atoms with van der Waals surface area (Å²) >= 11 is 1.81. The highest BCUT2D eigenvalue weighted by atomic mass is 32.1. The lowest BCUT2D eigenvalue weighted by molar-refractivity contribution is 1.05. The molecule has 4 heterocycles. The Kier molecular flexibility index (Phi) is 7.06. The van der Waals surface area contributed by atoms with E-state index in [1.54, 1.807) is 11.3 Å². The highest BCUT2D eigenvalue weighted by Gasteiger charge is 2.23. The normalized spacial score (nSPS) is 11.9. The first-order valence-electron chi connectivity index (χ1n) is 19.3. The third-order valence-electron chi connectivity index (χ3n) is 11.3. The van der Waals surface area contributed by atoms with Gasteiger partial charge in [0.15, 0.2) is 5.82 Å². The fourth-order valence-electron chi connectivity index (χ4n) is 8.83. The van der Waals surface area contributed by atoms with Crippen LogP contribution in [0, 0.1) is 0 Å². The van der Waals surface area contributed by atoms with Gasteiger partial charge < -0.3 is 4.57 Å². The van der Waals surface area contributed by atoms with E-state index in [4.69, 9.17) is 9.97 Å². The molecule has 0 aliphatic carbocycles. The molecule has 0 unspecified atom stereocenters. The van der Waals surface area contributed by atoms with E-state index in [-0.39, 0.29) is 0 Å². The van der Waals surface area contributed by atoms with Crippen LogP contribution in [0.15, 0.2) is 194 Å². The van der Waals surface area contributed by atoms with Gasteiger partial charge in [0.25, 0.3) is 0 Å². The maximum absolute atomic E-state index is 5.53. The van der Waals surface area contributed by atoms with Gasteiger partial charge in [-0.25, -0.2) is 9.97 Å². The van der Waals surface area contributed by atoms with Crippen molar-refractivity contribution in [1.82, 2.24) is 19.1 Å². The van der Waals surface area contributed by atoms with Crippen molar-refractivity contribution in [2.45, 2.75) is 0 Å². The molecule has 0 fully saturated rings. The Morgan fingerprint density at radius 1 is 0.404 bits per heavy atom. The van der Waals surface area contributed by atoms with Crippen LogP contribution in [0.4, 0.5) is 0 Å². The second-order valence-corrected chi connectivity index (χ2v) is 15.6. The zero-order valence-corrected chi connectivity index (χ0v) is 31.5. The maximum Gasteiger partial charge on any atom is 0.163 e. The fourth-order valence-corrected chi connectivity index (χ4v) is 10.0. The van der Waals surface area contributed by atoms with E-state index >= 15 is 0 Å². The number of aromatic nitrogens is 4. The highest BCUT2D eigenvalue weighted by molar-refractivity contribution is 7.26. The van der Waals surface area contributed by atoms with Crippen molar-refractivity contribution in [3.8, 4) is 45.3 Å². The molecule has 0 atom stereocenters. The van der Waals surface area contributed by atoms with Crippen molar-refractivity contribution < 1.29 is 0 Å². The number of rotatable bonds is 5. The van der Waals surface area contributed by atoms with Gasteiger partial charge in [-0.1, -0.05) is 140 Å². The Hall–Kier alpha value is -7.34. The van der Waals surface area contributed by atoms with Gasteiger partial charge in [0.1, 0.15) is 5.82 Å². The van der Waals surface area contributed by atoms with Gasteiger partial charge in [-0.3, -0.25) is 4.57 Å². The van der Waals surface area contributed by atoms with Crippen LogP contribution in [0.5, 0.6) is 0 Å². The molecule has 266 valence electrons. The Morgan fingerprint density at radius 3 is 1.89 bits per heavy atom. The van der Waals surface area contributed by atoms with Crippen molar-refractivity contribution in [3.05, 3.63) is 194 Å². The number of benzene rings is 8. The molecule has 0 aliphatic rings. The molecule has 0 saturated carbocycles. The third kappa shape index (κ3) is 4.93. The molecule has 0 N–H and O–H groups in total. The molecule has 5 heteroatoms. The number of thiophene rings is 1. The topological polar surface area (TPSA) is 35.6 Å². The van der Waals surface area contributed by atoms with Gasteiger partial charge in [0.2, 0.25) is 0 Å². The molecular formula is C52H32N4S. The molecule has 12 aromatic rings. The fraction of sp³-hybridized carbons (Fsp3) is 0. The number of para-hydroxylation sites is 3. The predicted octanol–water partition coefficient (Wildman–Crippen LogP) is 14.0. The molecule has 0 saturated heterocycles. The van der Waals surface area contributed by atoms with Crippen molar-refractivity contribution in [3.63, 3.8) is 0 Å². The average molecular weight is 745 g/mol. The van der Waals surface area contributed by atoms with Gasteiger partial charge in [0, 0.05) is 64.6 Å². The summed E-state index contributed by atoms with van der Waals surface area (Å²) in [4.78, 5) is 10.9. The summed E-state index contributed by atoms with van der Waals surface area (Å²) in [7, 11) is 0. The van der Waals surface area contributed by atoms with Crippen LogP contribution in [0.2, 0.25) is 0 Å². The van der Waals surface area contributed by atoms with Crippen LogP contribution in [0.25, 0.3) is 109 Å². The maximum atomic E-state index is 5.53. The van der Waals surface area contributed by atoms with Crippen LogP contribution >= 0.6 is 11.3 Å². The van der Waals surface area contributed by atoms with Gasteiger partial charge in [-0.05, 0) is 59.7 Å². The zero-order valence-electron chi connectivity index (χ0n) is 30.7. The lowest BCUT2D eigenvalue weighted by atomic mass is 10.0. The number of hydrogen-bond donors (Lipinski definition) is 0. The molecular weight excluding hydrogens is 713 g/mol. The first kappa shape index (κ1) is 32.0. The Labute approximate surface area is 332 Å². The number of hydrogen-bond acceptors (Lipinski definition) is 3. The van der Waals surface area contributed by atoms with E-state index in [1.165, 1.54) is 58.3 Å². The van der Waals surface area contributed by atoms with Gasteiger partial charge in [0.05, 0.1) is 27.8 Å². The molecule has 12 rings (SSSR count). The van der Waals surface area contributed by atoms with Gasteiger partial charge in [-0.2, -0.15) is 0 Å². The summed E-state index contributed by atoms with van der Waals surface area (Å²) in [5.41, 5.74) is 11.0. The van der Waals surface area contributed by atoms with E-state index in [1.807, 2.05) is 0 Å². The standard InChI is InChI=1S/C52H32N4S/c1-3-15-33(16-4-1)34-17-13-18-35(31-34)43-32-48(54-52(53-43)42-25-14-24-40-38-22-9-12-28-47(38)57-51(40)42)56-45-27-11-8-23-41(45)49-46(56)30-29-39-37-21-7-10-26-44(37)55(50(39)49)36-19-5-2-6-20-36/h1-32H. The first-order chi connectivity index (χ1) is 28.3. The highest BCUT2D eigenvalue weighted by Crippen LogP contribution is 2.43. The smallest absolute Gasteiger partial charge is 0.163 e. The first-order valence-corrected chi connectivity index (χ1v) is 20.1. The molecule has 0 bridgehead atoms. The lowest BCUT2D eigenvalue weighted by Gasteiger charge is -2.13. The second kappa shape index (κ2) is 12.6. The Balaban J connectivity index is 1.18. The molecule has 0 amide bonds. The Bertz CT molecular complexity index is 3520. The van der Waals surface area contributed by atoms with Crippen molar-refractivity contribution in [1.29, 1.82) is 0 Å². The van der Waals surface area contributed by atoms with E-state index < -0.39 is 0 Å². The average Bonchev–Trinajstić information content (AvgIpc) is 3.95. The largest absolute Gasteiger partial charge is 0.309 e. The summed E-state index contributed by atoms with van der Waals surface area (Å²) in [5.74, 6) is 1.53. The molecule has 4 aromatic heterocycles. The molecule has 0 radical (unpaired) electrons. The minimum Gasteiger partial charge on any atom is -0.309 e. The monoisotopic (exact) mass is 744 g/mol. The lowest BCUT2D eigenvalue weighted by Crippen LogP contribution is -2.02. The van der Waals surface area contributed by atoms with Crippen LogP contribution in [-0.4, -0.2) is 19.1 Å². The minimum atomic E-state index is 0.704. The van der Waals surface area contributed by atoms with E-state index in [0.29, 0.717) is 5.82 Å². The zero-order chi connectivity index (χ0) is 37.5. The molecule has 4 nitrogen and oxygen atoms in total. The van der Waals surface area contributed by atoms with Gasteiger partial charge in [-0.15, -0.1) is 11.3 Å². The van der Waals surface area contributed by atoms with E-state index in [9.17, 15) is 0 Å².